The van der Waals surface area contributed by atoms with Crippen LogP contribution in [-0.2, 0) is 25.6 Å². The van der Waals surface area contributed by atoms with E-state index in [0.29, 0.717) is 18.4 Å². The highest BCUT2D eigenvalue weighted by molar-refractivity contribution is 6.11. The average Bonchev–Trinajstić information content (AvgIpc) is 0.804. The Morgan fingerprint density at radius 1 is 0.466 bits per heavy atom. The van der Waals surface area contributed by atoms with Crippen molar-refractivity contribution in [3.05, 3.63) is 393 Å². The second-order valence-electron chi connectivity index (χ2n) is 28.4. The molecule has 0 saturated carbocycles. The number of aromatic nitrogens is 7. The van der Waals surface area contributed by atoms with Gasteiger partial charge in [-0.25, -0.2) is 15.6 Å². The van der Waals surface area contributed by atoms with E-state index in [1.54, 1.807) is 56.4 Å². The number of nitrogens with one attached hydrogen (secondary N) is 2. The summed E-state index contributed by atoms with van der Waals surface area (Å²) in [6, 6.07) is 81.9. The molecule has 118 heavy (non-hydrogen) atoms. The van der Waals surface area contributed by atoms with Crippen LogP contribution in [0.3, 0.4) is 0 Å². The Morgan fingerprint density at radius 2 is 0.915 bits per heavy atom. The highest BCUT2D eigenvalue weighted by Gasteiger charge is 2.29. The normalized spacial score (nSPS) is 12.1. The number of aryl methyl sites for hydroxylation is 6. The molecule has 7 heterocycles. The minimum absolute atomic E-state index is 0.0529. The van der Waals surface area contributed by atoms with E-state index in [9.17, 15) is 24.0 Å². The summed E-state index contributed by atoms with van der Waals surface area (Å²) >= 11 is 0. The molecule has 16 aromatic rings. The van der Waals surface area contributed by atoms with Gasteiger partial charge in [-0.1, -0.05) is 189 Å². The number of ketones is 2. The number of nitrogens with zero attached hydrogens (tertiary/aromatic N) is 8. The Kier molecular flexibility index (Phi) is 29.6. The highest BCUT2D eigenvalue weighted by atomic mass is 16.7. The van der Waals surface area contributed by atoms with E-state index in [1.807, 2.05) is 216 Å². The number of fused-ring (bicyclic) bond motifs is 5. The minimum atomic E-state index is -0.217. The van der Waals surface area contributed by atoms with Crippen molar-refractivity contribution in [2.75, 3.05) is 14.2 Å². The fourth-order valence-electron chi connectivity index (χ4n) is 13.8. The van der Waals surface area contributed by atoms with Gasteiger partial charge >= 0.3 is 6.15 Å². The van der Waals surface area contributed by atoms with Gasteiger partial charge in [0.1, 0.15) is 0 Å². The number of hydrazone groups is 1. The van der Waals surface area contributed by atoms with Crippen LogP contribution in [0.25, 0.3) is 76.2 Å². The van der Waals surface area contributed by atoms with Crippen molar-refractivity contribution in [1.29, 1.82) is 0 Å². The number of pyridine rings is 5. The van der Waals surface area contributed by atoms with Crippen molar-refractivity contribution in [1.82, 2.24) is 45.6 Å². The van der Waals surface area contributed by atoms with Crippen LogP contribution in [0.5, 0.6) is 0 Å². The van der Waals surface area contributed by atoms with Gasteiger partial charge in [-0.15, -0.1) is 0 Å². The number of rotatable bonds is 14. The number of aromatic amines is 1. The number of benzene rings is 10. The lowest BCUT2D eigenvalue weighted by molar-refractivity contribution is -0.191. The van der Waals surface area contributed by atoms with Gasteiger partial charge in [0, 0.05) is 128 Å². The smallest absolute Gasteiger partial charge is 0.294 e. The number of hydroxylamine groups is 2. The number of amides is 2. The fraction of sp³-hybridized carbons (Fsp3) is 0.150. The third-order valence-corrected chi connectivity index (χ3v) is 20.4. The number of Topliss-reactive ketones (excluding diaryl/α,β-unsaturated/α-hetero) is 2. The third kappa shape index (κ3) is 22.0. The Labute approximate surface area is 685 Å². The summed E-state index contributed by atoms with van der Waals surface area (Å²) in [5.74, 6) is -0.00182. The number of hydrogen-bond acceptors (Lipinski definition) is 15. The molecular formula is C100H90N10O8. The van der Waals surface area contributed by atoms with Gasteiger partial charge in [0.25, 0.3) is 11.5 Å². The van der Waals surface area contributed by atoms with E-state index < -0.39 is 0 Å². The van der Waals surface area contributed by atoms with E-state index in [2.05, 4.69) is 139 Å². The van der Waals surface area contributed by atoms with E-state index in [0.717, 1.165) is 134 Å². The molecule has 6 aromatic heterocycles. The zero-order valence-electron chi connectivity index (χ0n) is 67.3. The standard InChI is InChI=1S/C21H21NO.C20H17N3O.C20H15N3O.C18H15NO.C13H13NO2.C7H9N.CO2/c1-3-6-20(19-11-12-22-14-15(19)2)21(23)18-10-9-16-7-4-5-8-17(16)13-18;2*1-13-12-21-9-8-17(13)18-11-19(24)22-23-20(18)16-7-6-14-4-2-3-5-15(14)10-16;1-13-12-19-9-8-15(13)11-18(20)17-7-6-14-4-2-3-5-16(14)10-17;1-14(16-2)13(15)12-8-7-10-5-3-4-6-11(10)9-12;1-6-3-4-8-5-7(6)2;2-1-3/h4-5,7-14,20H,3,6H2,1-2H3;2-10,12,18H,11H2,1H3,(H,22,24);2-12H,1H3,(H,22,24);2-10,12H,11H2,1H3;3-9H,1-2H3;3-5H,1-2H3;. The number of H-pyrrole nitrogens is 1. The van der Waals surface area contributed by atoms with Crippen LogP contribution in [0.2, 0.25) is 0 Å². The van der Waals surface area contributed by atoms with Gasteiger partial charge in [0.05, 0.1) is 18.5 Å². The molecule has 17 rings (SSSR count). The average molecular weight is 1560 g/mol. The van der Waals surface area contributed by atoms with E-state index >= 15 is 0 Å². The highest BCUT2D eigenvalue weighted by Crippen LogP contribution is 2.35. The van der Waals surface area contributed by atoms with Crippen LogP contribution in [0, 0.1) is 41.5 Å². The van der Waals surface area contributed by atoms with Gasteiger partial charge in [-0.2, -0.15) is 19.8 Å². The summed E-state index contributed by atoms with van der Waals surface area (Å²) in [5.41, 5.74) is 20.1. The van der Waals surface area contributed by atoms with Crippen molar-refractivity contribution in [3.8, 4) is 22.4 Å². The van der Waals surface area contributed by atoms with Crippen LogP contribution in [0.4, 0.5) is 0 Å². The maximum Gasteiger partial charge on any atom is 0.373 e. The lowest BCUT2D eigenvalue weighted by atomic mass is 9.84. The van der Waals surface area contributed by atoms with E-state index in [1.165, 1.54) is 39.5 Å². The first-order chi connectivity index (χ1) is 57.3. The molecule has 0 saturated heterocycles. The summed E-state index contributed by atoms with van der Waals surface area (Å²) in [6.45, 7) is 14.3. The molecule has 10 aromatic carbocycles. The lowest BCUT2D eigenvalue weighted by Crippen LogP contribution is -2.32. The number of hydrogen-bond donors (Lipinski definition) is 2. The number of carbonyl (C=O) groups is 4. The molecule has 1 aliphatic heterocycles. The summed E-state index contributed by atoms with van der Waals surface area (Å²) < 4.78 is 0. The second kappa shape index (κ2) is 41.5. The van der Waals surface area contributed by atoms with Gasteiger partial charge in [-0.3, -0.25) is 53.7 Å². The first-order valence-electron chi connectivity index (χ1n) is 38.6. The topological polar surface area (TPSA) is 249 Å². The van der Waals surface area contributed by atoms with Crippen LogP contribution in [-0.4, -0.2) is 89.6 Å². The van der Waals surface area contributed by atoms with Crippen LogP contribution < -0.4 is 11.0 Å². The fourth-order valence-corrected chi connectivity index (χ4v) is 13.8. The molecule has 588 valence electrons. The predicted molar refractivity (Wildman–Crippen MR) is 468 cm³/mol. The summed E-state index contributed by atoms with van der Waals surface area (Å²) in [5, 5.41) is 23.8. The zero-order valence-corrected chi connectivity index (χ0v) is 67.3. The van der Waals surface area contributed by atoms with Crippen LogP contribution in [0.15, 0.2) is 321 Å². The first-order valence-corrected chi connectivity index (χ1v) is 38.6. The van der Waals surface area contributed by atoms with Crippen LogP contribution in [0.1, 0.15) is 125 Å². The summed E-state index contributed by atoms with van der Waals surface area (Å²) in [6.07, 6.45) is 20.9. The maximum atomic E-state index is 13.1. The van der Waals surface area contributed by atoms with Crippen molar-refractivity contribution in [2.24, 2.45) is 5.10 Å². The Hall–Kier alpha value is -14.6. The molecule has 0 bridgehead atoms. The van der Waals surface area contributed by atoms with Crippen molar-refractivity contribution in [2.45, 2.75) is 86.0 Å². The first kappa shape index (κ1) is 84.3. The maximum absolute atomic E-state index is 13.1. The third-order valence-electron chi connectivity index (χ3n) is 20.4. The van der Waals surface area contributed by atoms with Gasteiger partial charge < -0.3 is 0 Å². The van der Waals surface area contributed by atoms with E-state index in [-0.39, 0.29) is 46.9 Å². The molecule has 18 heteroatoms. The molecule has 1 aliphatic rings. The molecule has 2 N–H and O–H groups in total. The zero-order chi connectivity index (χ0) is 83.5. The molecule has 0 radical (unpaired) electrons. The molecule has 2 atom stereocenters. The number of carbonyl (C=O) groups excluding carboxylic acids is 6. The van der Waals surface area contributed by atoms with Crippen LogP contribution >= 0.6 is 0 Å². The Morgan fingerprint density at radius 3 is 1.43 bits per heavy atom. The van der Waals surface area contributed by atoms with Gasteiger partial charge in [0.15, 0.2) is 11.6 Å². The SMILES string of the molecule is CCCC(C(=O)c1ccc2ccccc2c1)c1ccncc1C.CON(C)C(=O)c1ccc2ccccc2c1.Cc1ccncc1C.Cc1cnccc1-c1cc(=O)[nH]nc1-c1ccc2ccccc2c1.Cc1cnccc1C1CC(=O)NN=C1c1ccc2ccccc2c1.Cc1cnccc1CC(=O)c1ccc2ccccc2c1.O=C=O. The van der Waals surface area contributed by atoms with Crippen molar-refractivity contribution in [3.63, 3.8) is 0 Å². The molecule has 2 unspecified atom stereocenters. The van der Waals surface area contributed by atoms with Gasteiger partial charge in [-0.05, 0) is 230 Å². The Balaban J connectivity index is 0.000000141. The van der Waals surface area contributed by atoms with Crippen molar-refractivity contribution < 1.29 is 33.6 Å². The minimum Gasteiger partial charge on any atom is -0.294 e. The molecule has 0 fully saturated rings. The second-order valence-corrected chi connectivity index (χ2v) is 28.4. The Bertz CT molecular complexity index is 6350. The largest absolute Gasteiger partial charge is 0.373 e. The summed E-state index contributed by atoms with van der Waals surface area (Å²) in [4.78, 5) is 103. The molecule has 0 aliphatic carbocycles. The monoisotopic (exact) mass is 1560 g/mol. The van der Waals surface area contributed by atoms with Gasteiger partial charge in [0.2, 0.25) is 5.91 Å². The van der Waals surface area contributed by atoms with E-state index in [4.69, 9.17) is 14.4 Å². The summed E-state index contributed by atoms with van der Waals surface area (Å²) in [7, 11) is 3.07. The molecule has 2 amide bonds. The quantitative estimate of drug-likeness (QED) is 0.0759. The molecule has 0 spiro atoms. The lowest BCUT2D eigenvalue weighted by Gasteiger charge is -2.24. The van der Waals surface area contributed by atoms with Crippen molar-refractivity contribution >= 4 is 89.1 Å². The molecule has 18 nitrogen and oxygen atoms in total. The molecular weight excluding hydrogens is 1470 g/mol. The predicted octanol–water partition coefficient (Wildman–Crippen LogP) is 20.4.